The van der Waals surface area contributed by atoms with Crippen LogP contribution in [-0.2, 0) is 4.79 Å². The second kappa shape index (κ2) is 5.52. The van der Waals surface area contributed by atoms with Gasteiger partial charge in [0.25, 0.3) is 0 Å². The number of aldehydes is 1. The van der Waals surface area contributed by atoms with Crippen molar-refractivity contribution in [3.05, 3.63) is 82.4 Å². The Labute approximate surface area is 151 Å². The van der Waals surface area contributed by atoms with Gasteiger partial charge in [0.1, 0.15) is 11.8 Å². The van der Waals surface area contributed by atoms with Gasteiger partial charge in [-0.1, -0.05) is 6.05 Å². The number of nitrogens with one attached hydrogen (secondary N) is 2. The van der Waals surface area contributed by atoms with E-state index in [4.69, 9.17) is 1.37 Å². The molecule has 0 radical (unpaired) electrons. The van der Waals surface area contributed by atoms with Crippen LogP contribution in [0.15, 0.2) is 81.7 Å². The summed E-state index contributed by atoms with van der Waals surface area (Å²) in [5.41, 5.74) is 2.85. The molecule has 1 atom stereocenters. The van der Waals surface area contributed by atoms with Gasteiger partial charge in [0, 0.05) is 22.8 Å². The summed E-state index contributed by atoms with van der Waals surface area (Å²) in [6.07, 6.45) is 16.3. The van der Waals surface area contributed by atoms with Gasteiger partial charge in [-0.05, 0) is 60.7 Å². The molecule has 8 bridgehead atoms. The molecule has 5 rings (SSSR count). The van der Waals surface area contributed by atoms with Crippen molar-refractivity contribution in [1.29, 1.82) is 0 Å². The third-order valence-corrected chi connectivity index (χ3v) is 4.55. The third-order valence-electron chi connectivity index (χ3n) is 4.55. The lowest BCUT2D eigenvalue weighted by atomic mass is 9.98. The zero-order valence-electron chi connectivity index (χ0n) is 14.9. The number of fused-ring (bicyclic) bond motifs is 6. The molecule has 126 valence electrons. The molecular formula is C21H16N4O. The number of nitrogens with zero attached hydrogens (tertiary/aromatic N) is 2. The summed E-state index contributed by atoms with van der Waals surface area (Å²) in [5, 5.41) is 4.98. The molecule has 0 aromatic carbocycles. The average Bonchev–Trinajstić information content (AvgIpc) is 3.40. The Hall–Kier alpha value is -3.47. The number of hydrogen-bond acceptors (Lipinski definition) is 4. The number of aromatic nitrogens is 1. The minimum absolute atomic E-state index is 0.293. The average molecular weight is 341 g/mol. The third kappa shape index (κ3) is 2.63. The van der Waals surface area contributed by atoms with E-state index in [0.717, 1.165) is 34.1 Å². The van der Waals surface area contributed by atoms with E-state index in [2.05, 4.69) is 20.3 Å². The van der Waals surface area contributed by atoms with Crippen LogP contribution >= 0.6 is 0 Å². The van der Waals surface area contributed by atoms with Crippen LogP contribution in [0.3, 0.4) is 0 Å². The summed E-state index contributed by atoms with van der Waals surface area (Å²) < 4.78 is 8.30. The number of H-pyrrole nitrogens is 1. The molecular weight excluding hydrogens is 324 g/mol. The van der Waals surface area contributed by atoms with Gasteiger partial charge in [-0.2, -0.15) is 0 Å². The molecule has 5 heteroatoms. The van der Waals surface area contributed by atoms with Gasteiger partial charge in [0.05, 0.1) is 24.2 Å². The first-order chi connectivity index (χ1) is 13.1. The van der Waals surface area contributed by atoms with E-state index in [9.17, 15) is 4.79 Å². The molecule has 4 aliphatic heterocycles. The van der Waals surface area contributed by atoms with E-state index in [1.54, 1.807) is 6.08 Å². The van der Waals surface area contributed by atoms with Gasteiger partial charge in [-0.3, -0.25) is 0 Å². The molecule has 0 saturated heterocycles. The van der Waals surface area contributed by atoms with Crippen molar-refractivity contribution in [2.24, 2.45) is 9.98 Å². The predicted molar refractivity (Wildman–Crippen MR) is 103 cm³/mol. The van der Waals surface area contributed by atoms with Crippen LogP contribution in [0.2, 0.25) is 0 Å². The van der Waals surface area contributed by atoms with Crippen LogP contribution in [0, 0.1) is 0 Å². The van der Waals surface area contributed by atoms with E-state index >= 15 is 0 Å². The molecule has 2 N–H and O–H groups in total. The van der Waals surface area contributed by atoms with Crippen LogP contribution < -0.4 is 16.0 Å². The molecule has 0 spiro atoms. The number of aliphatic imine (C=N–C) groups is 2. The lowest BCUT2D eigenvalue weighted by molar-refractivity contribution is -0.111. The van der Waals surface area contributed by atoms with Crippen LogP contribution in [0.5, 0.6) is 0 Å². The molecule has 26 heavy (non-hydrogen) atoms. The molecule has 0 amide bonds. The monoisotopic (exact) mass is 341 g/mol. The highest BCUT2D eigenvalue weighted by Gasteiger charge is 2.31. The van der Waals surface area contributed by atoms with Gasteiger partial charge in [0.15, 0.2) is 0 Å². The van der Waals surface area contributed by atoms with Crippen molar-refractivity contribution in [2.45, 2.75) is 12.0 Å². The zero-order chi connectivity index (χ0) is 18.4. The first kappa shape index (κ1) is 13.8. The molecule has 0 aliphatic carbocycles. The SMILES string of the molecule is [2H]C1=C2/C=c3/cc/c([nH]3)=C/C3=NC(=C\C4=NC(=C\C(C=O)(C1)N2)/C=C4)/C=C3. The second-order valence-corrected chi connectivity index (χ2v) is 6.59. The predicted octanol–water partition coefficient (Wildman–Crippen LogP) is 1.19. The Bertz CT molecular complexity index is 1200. The molecule has 5 nitrogen and oxygen atoms in total. The lowest BCUT2D eigenvalue weighted by Gasteiger charge is -2.20. The van der Waals surface area contributed by atoms with Gasteiger partial charge < -0.3 is 15.1 Å². The Kier molecular flexibility index (Phi) is 2.93. The van der Waals surface area contributed by atoms with Crippen molar-refractivity contribution < 1.29 is 6.17 Å². The summed E-state index contributed by atoms with van der Waals surface area (Å²) >= 11 is 0. The zero-order valence-corrected chi connectivity index (χ0v) is 13.9. The Morgan fingerprint density at radius 1 is 1.00 bits per heavy atom. The summed E-state index contributed by atoms with van der Waals surface area (Å²) in [4.78, 5) is 24.3. The maximum absolute atomic E-state index is 11.9. The van der Waals surface area contributed by atoms with E-state index < -0.39 is 5.54 Å². The number of carbonyl (C=O) groups is 1. The maximum atomic E-state index is 11.9. The number of rotatable bonds is 1. The molecule has 0 fully saturated rings. The standard InChI is InChI=1S/C21H16N4O/c26-13-21-8-7-19(25-21)11-18-4-3-15(23-18)9-14-1-2-16(22-14)10-17-5-6-20(12-21)24-17/h1-7,9-13,23,25H,8H2/b15-9-,16-10-,18-11-,20-12-/i7D. The molecule has 1 aromatic rings. The highest BCUT2D eigenvalue weighted by Crippen LogP contribution is 2.25. The number of carbonyl (C=O) groups excluding carboxylic acids is 1. The van der Waals surface area contributed by atoms with E-state index in [1.807, 2.05) is 54.7 Å². The summed E-state index contributed by atoms with van der Waals surface area (Å²) in [7, 11) is 0. The summed E-state index contributed by atoms with van der Waals surface area (Å²) in [6, 6.07) is 4.30. The molecule has 1 aromatic heterocycles. The maximum Gasteiger partial charge on any atom is 0.149 e. The number of allylic oxidation sites excluding steroid dienone is 6. The minimum Gasteiger partial charge on any atom is -0.370 e. The summed E-state index contributed by atoms with van der Waals surface area (Å²) in [5.74, 6) is 0. The normalized spacial score (nSPS) is 32.8. The largest absolute Gasteiger partial charge is 0.370 e. The van der Waals surface area contributed by atoms with Crippen LogP contribution in [0.4, 0.5) is 0 Å². The Morgan fingerprint density at radius 2 is 1.73 bits per heavy atom. The summed E-state index contributed by atoms with van der Waals surface area (Å²) in [6.45, 7) is 0. The molecule has 1 unspecified atom stereocenters. The van der Waals surface area contributed by atoms with Gasteiger partial charge >= 0.3 is 0 Å². The topological polar surface area (TPSA) is 69.6 Å². The second-order valence-electron chi connectivity index (χ2n) is 6.59. The van der Waals surface area contributed by atoms with Crippen molar-refractivity contribution in [1.82, 2.24) is 10.3 Å². The van der Waals surface area contributed by atoms with Gasteiger partial charge in [-0.15, -0.1) is 0 Å². The smallest absolute Gasteiger partial charge is 0.149 e. The minimum atomic E-state index is -0.952. The van der Waals surface area contributed by atoms with Crippen molar-refractivity contribution in [3.63, 3.8) is 0 Å². The van der Waals surface area contributed by atoms with Gasteiger partial charge in [0.2, 0.25) is 0 Å². The fourth-order valence-corrected chi connectivity index (χ4v) is 3.30. The number of hydrogen-bond donors (Lipinski definition) is 2. The van der Waals surface area contributed by atoms with Crippen molar-refractivity contribution in [2.75, 3.05) is 0 Å². The van der Waals surface area contributed by atoms with Crippen LogP contribution in [0.25, 0.3) is 12.2 Å². The fraction of sp³-hybridized carbons (Fsp3) is 0.0952. The highest BCUT2D eigenvalue weighted by atomic mass is 16.1. The van der Waals surface area contributed by atoms with Crippen LogP contribution in [-0.4, -0.2) is 28.2 Å². The van der Waals surface area contributed by atoms with Crippen LogP contribution in [0.1, 0.15) is 7.79 Å². The first-order valence-corrected chi connectivity index (χ1v) is 8.42. The molecule has 0 saturated carbocycles. The Morgan fingerprint density at radius 3 is 2.58 bits per heavy atom. The van der Waals surface area contributed by atoms with E-state index in [1.165, 1.54) is 0 Å². The van der Waals surface area contributed by atoms with E-state index in [0.29, 0.717) is 23.9 Å². The first-order valence-electron chi connectivity index (χ1n) is 8.92. The quantitative estimate of drug-likeness (QED) is 0.754. The fourth-order valence-electron chi connectivity index (χ4n) is 3.30. The van der Waals surface area contributed by atoms with E-state index in [-0.39, 0.29) is 0 Å². The lowest BCUT2D eigenvalue weighted by Crippen LogP contribution is -2.40. The van der Waals surface area contributed by atoms with Crippen molar-refractivity contribution in [3.8, 4) is 0 Å². The Balaban J connectivity index is 1.70. The highest BCUT2D eigenvalue weighted by molar-refractivity contribution is 6.19. The van der Waals surface area contributed by atoms with Crippen molar-refractivity contribution >= 4 is 29.9 Å². The molecule has 4 aliphatic rings. The molecule has 5 heterocycles. The number of aromatic amines is 1. The van der Waals surface area contributed by atoms with Gasteiger partial charge in [-0.25, -0.2) is 9.98 Å².